The number of benzene rings is 11. The molecule has 4 heteroatoms. The van der Waals surface area contributed by atoms with Crippen molar-refractivity contribution in [3.05, 3.63) is 374 Å². The van der Waals surface area contributed by atoms with Gasteiger partial charge in [0, 0.05) is 105 Å². The molecular weight excluding hydrogens is 1070 g/mol. The van der Waals surface area contributed by atoms with Crippen molar-refractivity contribution < 1.29 is 19.1 Å². The standard InChI is InChI=1S/C84H54O4/c1-3-65(85)87-83-79-71-55-29-13-5-21-47(55)67(48-22-6-14-30-56(48)71)75(79)63(76-68-49-23-7-15-31-57(49)72(80(76)83)58-32-16-8-24-50(58)68)43-41-45-37-39-46(40-38-45)42-44-64-77-69-51-25-9-17-33-59(51)73(60-34-18-10-26-52(60)69)81(77)84(88-66(86)4-2)82-74-61-35-19-11-27-53(61)70(78(64)82)54-28-12-20-36-62(54)74/h5-40,67-74H,3-4H2,1-2H3. The van der Waals surface area contributed by atoms with Gasteiger partial charge in [-0.05, 0) is 136 Å². The van der Waals surface area contributed by atoms with Crippen LogP contribution in [0.2, 0.25) is 0 Å². The Kier molecular flexibility index (Phi) is 10.4. The maximum Gasteiger partial charge on any atom is 0.310 e. The topological polar surface area (TPSA) is 52.6 Å². The van der Waals surface area contributed by atoms with Crippen molar-refractivity contribution >= 4 is 11.9 Å². The molecule has 414 valence electrons. The second-order valence-electron chi connectivity index (χ2n) is 24.9. The minimum absolute atomic E-state index is 0.122. The highest BCUT2D eigenvalue weighted by atomic mass is 16.5. The lowest BCUT2D eigenvalue weighted by Gasteiger charge is -2.48. The Hall–Kier alpha value is -10.5. The molecule has 0 heterocycles. The predicted octanol–water partition coefficient (Wildman–Crippen LogP) is 17.1. The lowest BCUT2D eigenvalue weighted by atomic mass is 9.54. The summed E-state index contributed by atoms with van der Waals surface area (Å²) in [6, 6.07) is 79.5. The van der Waals surface area contributed by atoms with E-state index in [0.717, 1.165) is 66.8 Å². The molecule has 0 saturated heterocycles. The molecule has 12 aliphatic rings. The fourth-order valence-electron chi connectivity index (χ4n) is 17.8. The van der Waals surface area contributed by atoms with E-state index in [1.807, 2.05) is 13.8 Å². The average Bonchev–Trinajstić information content (AvgIpc) is 0.682. The number of esters is 2. The predicted molar refractivity (Wildman–Crippen MR) is 342 cm³/mol. The van der Waals surface area contributed by atoms with Crippen molar-refractivity contribution in [3.63, 3.8) is 0 Å². The maximum absolute atomic E-state index is 14.0. The first-order valence-corrected chi connectivity index (χ1v) is 31.2. The molecule has 0 saturated carbocycles. The summed E-state index contributed by atoms with van der Waals surface area (Å²) in [5.74, 6) is 15.4. The second-order valence-corrected chi connectivity index (χ2v) is 24.9. The first kappa shape index (κ1) is 49.7. The van der Waals surface area contributed by atoms with Crippen LogP contribution in [0.4, 0.5) is 0 Å². The van der Waals surface area contributed by atoms with Crippen molar-refractivity contribution in [1.82, 2.24) is 0 Å². The summed E-state index contributed by atoms with van der Waals surface area (Å²) in [6.07, 6.45) is 0.518. The smallest absolute Gasteiger partial charge is 0.310 e. The van der Waals surface area contributed by atoms with E-state index in [9.17, 15) is 9.59 Å². The lowest BCUT2D eigenvalue weighted by molar-refractivity contribution is -0.135. The molecule has 0 spiro atoms. The SMILES string of the molecule is CCC(=O)Oc1c2c(c(C#Cc3ccc(C#Cc4c5c(c(OC(=O)CC)c6c4C4c7ccccc7C6c6ccccc64)C4c6ccccc6C5c5ccccc54)cc3)c3c1C1c4ccccc4C3c3ccccc31)C1c3ccccc3C2c2ccccc21. The summed E-state index contributed by atoms with van der Waals surface area (Å²) in [5.41, 5.74) is 33.0. The number of hydrogen-bond donors (Lipinski definition) is 0. The zero-order valence-electron chi connectivity index (χ0n) is 48.5. The largest absolute Gasteiger partial charge is 0.426 e. The minimum atomic E-state index is -0.238. The summed E-state index contributed by atoms with van der Waals surface area (Å²) in [5, 5.41) is 0. The molecule has 11 aromatic carbocycles. The third kappa shape index (κ3) is 6.52. The van der Waals surface area contributed by atoms with Crippen molar-refractivity contribution in [1.29, 1.82) is 0 Å². The highest BCUT2D eigenvalue weighted by molar-refractivity contribution is 5.87. The molecule has 0 aromatic heterocycles. The van der Waals surface area contributed by atoms with Crippen molar-refractivity contribution in [2.75, 3.05) is 0 Å². The Bertz CT molecular complexity index is 4360. The van der Waals surface area contributed by atoms with Crippen molar-refractivity contribution in [2.24, 2.45) is 0 Å². The first-order valence-electron chi connectivity index (χ1n) is 31.2. The van der Waals surface area contributed by atoms with Gasteiger partial charge in [-0.1, -0.05) is 232 Å². The highest BCUT2D eigenvalue weighted by Gasteiger charge is 2.54. The van der Waals surface area contributed by atoms with E-state index in [4.69, 9.17) is 9.47 Å². The molecule has 0 atom stereocenters. The van der Waals surface area contributed by atoms with E-state index >= 15 is 0 Å². The van der Waals surface area contributed by atoms with Gasteiger partial charge >= 0.3 is 11.9 Å². The van der Waals surface area contributed by atoms with Crippen LogP contribution in [0.1, 0.15) is 230 Å². The van der Waals surface area contributed by atoms with E-state index in [1.54, 1.807) is 0 Å². The number of ether oxygens (including phenoxy) is 2. The van der Waals surface area contributed by atoms with Gasteiger partial charge in [0.1, 0.15) is 11.5 Å². The van der Waals surface area contributed by atoms with E-state index in [0.29, 0.717) is 11.5 Å². The average molecular weight is 1130 g/mol. The highest BCUT2D eigenvalue weighted by Crippen LogP contribution is 2.68. The van der Waals surface area contributed by atoms with E-state index in [2.05, 4.69) is 242 Å². The van der Waals surface area contributed by atoms with Gasteiger partial charge in [0.2, 0.25) is 0 Å². The van der Waals surface area contributed by atoms with Crippen LogP contribution in [0.25, 0.3) is 0 Å². The molecule has 8 bridgehead atoms. The Morgan fingerprint density at radius 2 is 0.432 bits per heavy atom. The van der Waals surface area contributed by atoms with Crippen LogP contribution in [-0.4, -0.2) is 11.9 Å². The molecule has 0 aliphatic heterocycles. The molecule has 4 nitrogen and oxygen atoms in total. The van der Waals surface area contributed by atoms with Gasteiger partial charge in [-0.2, -0.15) is 0 Å². The van der Waals surface area contributed by atoms with Crippen LogP contribution in [0.3, 0.4) is 0 Å². The molecule has 23 rings (SSSR count). The van der Waals surface area contributed by atoms with Crippen LogP contribution in [0, 0.1) is 23.7 Å². The Balaban J connectivity index is 0.818. The molecule has 12 aliphatic carbocycles. The molecular formula is C84H54O4. The molecule has 0 unspecified atom stereocenters. The molecule has 11 aromatic rings. The van der Waals surface area contributed by atoms with Gasteiger partial charge < -0.3 is 9.47 Å². The van der Waals surface area contributed by atoms with Gasteiger partial charge in [-0.25, -0.2) is 0 Å². The summed E-state index contributed by atoms with van der Waals surface area (Å²) >= 11 is 0. The third-order valence-electron chi connectivity index (χ3n) is 21.0. The summed E-state index contributed by atoms with van der Waals surface area (Å²) in [4.78, 5) is 28.1. The number of rotatable bonds is 4. The third-order valence-corrected chi connectivity index (χ3v) is 21.0. The summed E-state index contributed by atoms with van der Waals surface area (Å²) < 4.78 is 13.7. The van der Waals surface area contributed by atoms with Crippen LogP contribution in [0.5, 0.6) is 11.5 Å². The summed E-state index contributed by atoms with van der Waals surface area (Å²) in [6.45, 7) is 3.78. The van der Waals surface area contributed by atoms with Crippen LogP contribution >= 0.6 is 0 Å². The van der Waals surface area contributed by atoms with E-state index in [-0.39, 0.29) is 72.1 Å². The zero-order valence-corrected chi connectivity index (χ0v) is 48.5. The van der Waals surface area contributed by atoms with Gasteiger partial charge in [-0.3, -0.25) is 9.59 Å². The lowest BCUT2D eigenvalue weighted by Crippen LogP contribution is -2.35. The van der Waals surface area contributed by atoms with Gasteiger partial charge in [0.15, 0.2) is 0 Å². The Labute approximate surface area is 511 Å². The quantitative estimate of drug-likeness (QED) is 0.100. The van der Waals surface area contributed by atoms with Crippen molar-refractivity contribution in [3.8, 4) is 35.2 Å². The van der Waals surface area contributed by atoms with E-state index in [1.165, 1.54) is 89.0 Å². The fraction of sp³-hybridized carbons (Fsp3) is 0.143. The second kappa shape index (κ2) is 18.5. The van der Waals surface area contributed by atoms with Crippen LogP contribution in [0.15, 0.2) is 218 Å². The normalized spacial score (nSPS) is 20.4. The number of carbonyl (C=O) groups excluding carboxylic acids is 2. The molecule has 0 fully saturated rings. The van der Waals surface area contributed by atoms with Gasteiger partial charge in [0.25, 0.3) is 0 Å². The van der Waals surface area contributed by atoms with Crippen LogP contribution < -0.4 is 9.47 Å². The van der Waals surface area contributed by atoms with Gasteiger partial charge in [-0.15, -0.1) is 0 Å². The Morgan fingerprint density at radius 1 is 0.261 bits per heavy atom. The Morgan fingerprint density at radius 3 is 0.602 bits per heavy atom. The molecule has 0 N–H and O–H groups in total. The number of carbonyl (C=O) groups is 2. The first-order chi connectivity index (χ1) is 43.5. The maximum atomic E-state index is 14.0. The van der Waals surface area contributed by atoms with E-state index < -0.39 is 0 Å². The molecule has 0 radical (unpaired) electrons. The summed E-state index contributed by atoms with van der Waals surface area (Å²) in [7, 11) is 0. The molecule has 0 amide bonds. The fourth-order valence-corrected chi connectivity index (χ4v) is 17.8. The molecule has 88 heavy (non-hydrogen) atoms. The van der Waals surface area contributed by atoms with Crippen LogP contribution in [-0.2, 0) is 9.59 Å². The minimum Gasteiger partial charge on any atom is -0.426 e. The number of hydrogen-bond acceptors (Lipinski definition) is 4. The van der Waals surface area contributed by atoms with Gasteiger partial charge in [0.05, 0.1) is 0 Å². The monoisotopic (exact) mass is 1130 g/mol. The van der Waals surface area contributed by atoms with Crippen molar-refractivity contribution in [2.45, 2.75) is 74.0 Å². The zero-order chi connectivity index (χ0) is 58.2.